The highest BCUT2D eigenvalue weighted by Gasteiger charge is 2.19. The van der Waals surface area contributed by atoms with Crippen LogP contribution in [0.4, 0.5) is 5.69 Å². The van der Waals surface area contributed by atoms with Gasteiger partial charge in [-0.1, -0.05) is 12.1 Å². The summed E-state index contributed by atoms with van der Waals surface area (Å²) in [5.41, 5.74) is 5.53. The van der Waals surface area contributed by atoms with E-state index in [0.29, 0.717) is 0 Å². The molecule has 0 radical (unpaired) electrons. The summed E-state index contributed by atoms with van der Waals surface area (Å²) in [7, 11) is 0. The van der Waals surface area contributed by atoms with Gasteiger partial charge in [-0.05, 0) is 6.42 Å². The first kappa shape index (κ1) is 14.6. The van der Waals surface area contributed by atoms with Crippen LogP contribution in [0.3, 0.4) is 0 Å². The highest BCUT2D eigenvalue weighted by molar-refractivity contribution is 5.85. The van der Waals surface area contributed by atoms with Crippen molar-refractivity contribution in [2.45, 2.75) is 12.5 Å². The molecular weight excluding hydrogens is 236 g/mol. The van der Waals surface area contributed by atoms with Crippen LogP contribution in [0.2, 0.25) is 0 Å². The number of nitrogens with two attached hydrogens (primary N) is 1. The predicted octanol–water partition coefficient (Wildman–Crippen LogP) is 1.10. The van der Waals surface area contributed by atoms with Gasteiger partial charge in [0, 0.05) is 24.3 Å². The highest BCUT2D eigenvalue weighted by Crippen LogP contribution is 2.33. The minimum absolute atomic E-state index is 0. The molecule has 0 saturated heterocycles. The molecule has 7 heteroatoms. The Morgan fingerprint density at radius 1 is 1.50 bits per heavy atom. The van der Waals surface area contributed by atoms with E-state index in [4.69, 9.17) is 10.8 Å². The van der Waals surface area contributed by atoms with Gasteiger partial charge in [-0.25, -0.2) is 0 Å². The van der Waals surface area contributed by atoms with Gasteiger partial charge >= 0.3 is 5.69 Å². The Morgan fingerprint density at radius 3 is 2.62 bits per heavy atom. The molecule has 0 saturated carbocycles. The fraction of sp³-hybridized carbons (Fsp3) is 0.333. The normalized spacial score (nSPS) is 11.6. The lowest BCUT2D eigenvalue weighted by molar-refractivity contribution is -0.386. The number of nitro groups is 1. The Bertz CT molecular complexity index is 373. The maximum atomic E-state index is 10.5. The third-order valence-corrected chi connectivity index (χ3v) is 2.08. The molecule has 6 nitrogen and oxygen atoms in total. The molecule has 0 amide bonds. The molecule has 0 bridgehead atoms. The van der Waals surface area contributed by atoms with Gasteiger partial charge in [-0.3, -0.25) is 10.1 Å². The summed E-state index contributed by atoms with van der Waals surface area (Å²) in [5, 5.41) is 28.7. The van der Waals surface area contributed by atoms with Gasteiger partial charge in [0.1, 0.15) is 0 Å². The fourth-order valence-corrected chi connectivity index (χ4v) is 1.29. The van der Waals surface area contributed by atoms with Gasteiger partial charge in [0.2, 0.25) is 0 Å². The van der Waals surface area contributed by atoms with Crippen LogP contribution in [0, 0.1) is 10.1 Å². The first-order valence-electron chi connectivity index (χ1n) is 4.40. The molecule has 0 aliphatic heterocycles. The van der Waals surface area contributed by atoms with Crippen molar-refractivity contribution in [3.63, 3.8) is 0 Å². The predicted molar refractivity (Wildman–Crippen MR) is 60.6 cm³/mol. The van der Waals surface area contributed by atoms with E-state index in [2.05, 4.69) is 0 Å². The summed E-state index contributed by atoms with van der Waals surface area (Å²) in [6.45, 7) is -0.136. The number of hydrogen-bond donors (Lipinski definition) is 3. The minimum Gasteiger partial charge on any atom is -0.502 e. The average Bonchev–Trinajstić information content (AvgIpc) is 2.17. The molecular formula is C9H13ClN2O4. The number of aliphatic hydroxyl groups excluding tert-OH is 1. The molecule has 1 atom stereocenters. The molecule has 0 aromatic heterocycles. The van der Waals surface area contributed by atoms with Crippen molar-refractivity contribution in [3.8, 4) is 5.75 Å². The summed E-state index contributed by atoms with van der Waals surface area (Å²) in [6.07, 6.45) is 0.245. The molecule has 16 heavy (non-hydrogen) atoms. The van der Waals surface area contributed by atoms with Crippen LogP contribution in [-0.4, -0.2) is 21.7 Å². The topological polar surface area (TPSA) is 110 Å². The van der Waals surface area contributed by atoms with E-state index in [1.54, 1.807) is 0 Å². The number of halogens is 1. The number of phenols is 1. The van der Waals surface area contributed by atoms with Crippen molar-refractivity contribution in [2.75, 3.05) is 6.61 Å². The van der Waals surface area contributed by atoms with Crippen LogP contribution < -0.4 is 5.73 Å². The third kappa shape index (κ3) is 3.06. The van der Waals surface area contributed by atoms with Crippen molar-refractivity contribution in [1.29, 1.82) is 0 Å². The number of para-hydroxylation sites is 1. The lowest BCUT2D eigenvalue weighted by Crippen LogP contribution is -2.12. The molecule has 1 unspecified atom stereocenters. The number of aromatic hydroxyl groups is 1. The van der Waals surface area contributed by atoms with Gasteiger partial charge in [0.15, 0.2) is 5.75 Å². The molecule has 1 aromatic rings. The molecule has 0 aliphatic rings. The minimum atomic E-state index is -0.676. The van der Waals surface area contributed by atoms with E-state index in [1.165, 1.54) is 18.2 Å². The van der Waals surface area contributed by atoms with Gasteiger partial charge in [0.25, 0.3) is 0 Å². The zero-order chi connectivity index (χ0) is 11.4. The van der Waals surface area contributed by atoms with Gasteiger partial charge < -0.3 is 15.9 Å². The Labute approximate surface area is 98.3 Å². The van der Waals surface area contributed by atoms with Crippen LogP contribution >= 0.6 is 12.4 Å². The number of hydrogen-bond acceptors (Lipinski definition) is 5. The van der Waals surface area contributed by atoms with Gasteiger partial charge in [-0.15, -0.1) is 12.4 Å². The van der Waals surface area contributed by atoms with Crippen LogP contribution in [0.5, 0.6) is 5.75 Å². The van der Waals surface area contributed by atoms with E-state index in [0.717, 1.165) is 0 Å². The summed E-state index contributed by atoms with van der Waals surface area (Å²) in [4.78, 5) is 9.83. The Kier molecular flexibility index (Phi) is 5.73. The van der Waals surface area contributed by atoms with E-state index in [-0.39, 0.29) is 36.7 Å². The Hall–Kier alpha value is -1.37. The van der Waals surface area contributed by atoms with Crippen molar-refractivity contribution < 1.29 is 15.1 Å². The highest BCUT2D eigenvalue weighted by atomic mass is 35.5. The number of aliphatic hydroxyl groups is 1. The lowest BCUT2D eigenvalue weighted by atomic mass is 10.0. The summed E-state index contributed by atoms with van der Waals surface area (Å²) in [5.74, 6) is -0.427. The van der Waals surface area contributed by atoms with Gasteiger partial charge in [-0.2, -0.15) is 0 Å². The zero-order valence-electron chi connectivity index (χ0n) is 8.37. The Morgan fingerprint density at radius 2 is 2.12 bits per heavy atom. The number of phenolic OH excluding ortho intramolecular Hbond substituents is 1. The number of nitrogens with zero attached hydrogens (tertiary/aromatic N) is 1. The molecule has 0 spiro atoms. The second-order valence-corrected chi connectivity index (χ2v) is 3.09. The summed E-state index contributed by atoms with van der Waals surface area (Å²) < 4.78 is 0. The van der Waals surface area contributed by atoms with Crippen molar-refractivity contribution >= 4 is 18.1 Å². The lowest BCUT2D eigenvalue weighted by Gasteiger charge is -2.11. The maximum absolute atomic E-state index is 10.5. The van der Waals surface area contributed by atoms with E-state index in [9.17, 15) is 15.2 Å². The molecule has 1 rings (SSSR count). The monoisotopic (exact) mass is 248 g/mol. The zero-order valence-corrected chi connectivity index (χ0v) is 9.18. The van der Waals surface area contributed by atoms with Crippen LogP contribution in [0.15, 0.2) is 18.2 Å². The molecule has 0 heterocycles. The van der Waals surface area contributed by atoms with Crippen molar-refractivity contribution in [1.82, 2.24) is 0 Å². The third-order valence-electron chi connectivity index (χ3n) is 2.08. The molecule has 0 aliphatic carbocycles. The molecule has 1 aromatic carbocycles. The summed E-state index contributed by atoms with van der Waals surface area (Å²) >= 11 is 0. The van der Waals surface area contributed by atoms with E-state index in [1.807, 2.05) is 0 Å². The van der Waals surface area contributed by atoms with Crippen molar-refractivity contribution in [2.24, 2.45) is 5.73 Å². The average molecular weight is 249 g/mol. The first-order chi connectivity index (χ1) is 7.07. The van der Waals surface area contributed by atoms with Gasteiger partial charge in [0.05, 0.1) is 4.92 Å². The largest absolute Gasteiger partial charge is 0.502 e. The second-order valence-electron chi connectivity index (χ2n) is 3.09. The van der Waals surface area contributed by atoms with Crippen LogP contribution in [0.25, 0.3) is 0 Å². The number of benzene rings is 1. The maximum Gasteiger partial charge on any atom is 0.311 e. The second kappa shape index (κ2) is 6.26. The standard InChI is InChI=1S/C9H12N2O4.ClH/c10-7(4-5-12)6-2-1-3-8(9(6)13)11(14)15;/h1-3,7,12-13H,4-5,10H2;1H. The van der Waals surface area contributed by atoms with Crippen LogP contribution in [0.1, 0.15) is 18.0 Å². The Balaban J connectivity index is 0.00000225. The number of nitro benzene ring substituents is 1. The summed E-state index contributed by atoms with van der Waals surface area (Å²) in [6, 6.07) is 3.55. The van der Waals surface area contributed by atoms with Crippen molar-refractivity contribution in [3.05, 3.63) is 33.9 Å². The van der Waals surface area contributed by atoms with Crippen LogP contribution in [-0.2, 0) is 0 Å². The van der Waals surface area contributed by atoms with E-state index < -0.39 is 16.7 Å². The molecule has 4 N–H and O–H groups in total. The fourth-order valence-electron chi connectivity index (χ4n) is 1.29. The number of rotatable bonds is 4. The molecule has 0 fully saturated rings. The van der Waals surface area contributed by atoms with E-state index >= 15 is 0 Å². The smallest absolute Gasteiger partial charge is 0.311 e. The first-order valence-corrected chi connectivity index (χ1v) is 4.40. The molecule has 90 valence electrons. The quantitative estimate of drug-likeness (QED) is 0.546. The SMILES string of the molecule is Cl.NC(CCO)c1cccc([N+](=O)[O-])c1O.